The predicted molar refractivity (Wildman–Crippen MR) is 182 cm³/mol. The van der Waals surface area contributed by atoms with Crippen LogP contribution in [-0.2, 0) is 38.1 Å². The Morgan fingerprint density at radius 2 is 1.70 bits per heavy atom. The van der Waals surface area contributed by atoms with Gasteiger partial charge in [-0.05, 0) is 58.4 Å². The number of halogens is 1. The monoisotopic (exact) mass is 771 g/mol. The SMILES string of the molecule is CC(=O)OC(C)C=CC(=O)N[C@@H]1C[C@H](C)[C@H](C/C=C(C)/C=C/[C@H]2O[C@H](CC(=O)NC3CC(NC(=O)CI)C3)C[C@@]3(CO3)[C@@H]2O)O[C@@H]1C. The number of epoxide rings is 1. The zero-order chi connectivity index (χ0) is 34.3. The summed E-state index contributed by atoms with van der Waals surface area (Å²) >= 11 is 2.03. The summed E-state index contributed by atoms with van der Waals surface area (Å²) in [5, 5.41) is 20.0. The first-order chi connectivity index (χ1) is 22.3. The van der Waals surface area contributed by atoms with Crippen molar-refractivity contribution in [2.24, 2.45) is 5.92 Å². The summed E-state index contributed by atoms with van der Waals surface area (Å²) in [5.41, 5.74) is 0.317. The molecule has 9 atom stereocenters. The van der Waals surface area contributed by atoms with Gasteiger partial charge in [0, 0.05) is 31.5 Å². The van der Waals surface area contributed by atoms with Crippen molar-refractivity contribution in [3.63, 3.8) is 0 Å². The van der Waals surface area contributed by atoms with E-state index in [1.54, 1.807) is 13.0 Å². The minimum absolute atomic E-state index is 0.00968. The van der Waals surface area contributed by atoms with Crippen LogP contribution in [-0.4, -0.2) is 100 Å². The predicted octanol–water partition coefficient (Wildman–Crippen LogP) is 2.56. The van der Waals surface area contributed by atoms with E-state index in [-0.39, 0.29) is 66.5 Å². The minimum atomic E-state index is -0.825. The van der Waals surface area contributed by atoms with Crippen molar-refractivity contribution in [3.05, 3.63) is 36.0 Å². The maximum atomic E-state index is 12.8. The molecule has 4 N–H and O–H groups in total. The van der Waals surface area contributed by atoms with E-state index in [4.69, 9.17) is 18.9 Å². The average Bonchev–Trinajstić information content (AvgIpc) is 3.76. The van der Waals surface area contributed by atoms with Crippen molar-refractivity contribution in [3.8, 4) is 0 Å². The topological polar surface area (TPSA) is 165 Å². The fourth-order valence-corrected chi connectivity index (χ4v) is 6.72. The highest BCUT2D eigenvalue weighted by Crippen LogP contribution is 2.43. The molecule has 4 rings (SSSR count). The maximum absolute atomic E-state index is 12.8. The summed E-state index contributed by atoms with van der Waals surface area (Å²) in [6.45, 7) is 9.51. The molecule has 12 nitrogen and oxygen atoms in total. The van der Waals surface area contributed by atoms with Gasteiger partial charge < -0.3 is 40.0 Å². The lowest BCUT2D eigenvalue weighted by Crippen LogP contribution is -2.55. The van der Waals surface area contributed by atoms with Crippen LogP contribution in [0, 0.1) is 5.92 Å². The van der Waals surface area contributed by atoms with Gasteiger partial charge >= 0.3 is 5.97 Å². The summed E-state index contributed by atoms with van der Waals surface area (Å²) in [7, 11) is 0. The number of carbonyl (C=O) groups excluding carboxylic acids is 4. The van der Waals surface area contributed by atoms with Crippen LogP contribution in [0.15, 0.2) is 36.0 Å². The molecule has 3 saturated heterocycles. The van der Waals surface area contributed by atoms with E-state index in [9.17, 15) is 24.3 Å². The molecule has 0 aromatic heterocycles. The fraction of sp³-hybridized carbons (Fsp3) is 0.706. The van der Waals surface area contributed by atoms with Gasteiger partial charge in [-0.3, -0.25) is 19.2 Å². The molecule has 47 heavy (non-hydrogen) atoms. The lowest BCUT2D eigenvalue weighted by Gasteiger charge is -2.39. The third-order valence-corrected chi connectivity index (χ3v) is 10.0. The first kappa shape index (κ1) is 37.5. The number of alkyl halides is 1. The molecule has 1 unspecified atom stereocenters. The molecule has 0 aromatic rings. The van der Waals surface area contributed by atoms with Crippen molar-refractivity contribution in [2.75, 3.05) is 11.0 Å². The molecule has 3 amide bonds. The summed E-state index contributed by atoms with van der Waals surface area (Å²) in [6, 6.07) is 0.0143. The summed E-state index contributed by atoms with van der Waals surface area (Å²) in [6.07, 6.45) is 9.85. The smallest absolute Gasteiger partial charge is 0.303 e. The summed E-state index contributed by atoms with van der Waals surface area (Å²) in [5.74, 6) is -0.545. The third kappa shape index (κ3) is 11.1. The number of aliphatic hydroxyl groups is 1. The molecule has 4 fully saturated rings. The molecule has 3 aliphatic heterocycles. The van der Waals surface area contributed by atoms with E-state index in [1.807, 2.05) is 48.6 Å². The molecule has 0 bridgehead atoms. The Kier molecular flexibility index (Phi) is 13.4. The van der Waals surface area contributed by atoms with Gasteiger partial charge in [0.1, 0.15) is 23.9 Å². The number of aliphatic hydroxyl groups excluding tert-OH is 1. The normalized spacial score (nSPS) is 36.1. The molecule has 1 saturated carbocycles. The van der Waals surface area contributed by atoms with Crippen LogP contribution in [0.4, 0.5) is 0 Å². The fourth-order valence-electron chi connectivity index (χ4n) is 6.50. The Bertz CT molecular complexity index is 1230. The van der Waals surface area contributed by atoms with Gasteiger partial charge in [-0.25, -0.2) is 0 Å². The van der Waals surface area contributed by atoms with Gasteiger partial charge in [0.05, 0.1) is 41.8 Å². The zero-order valence-corrected chi connectivity index (χ0v) is 30.1. The van der Waals surface area contributed by atoms with E-state index in [2.05, 4.69) is 29.0 Å². The van der Waals surface area contributed by atoms with E-state index < -0.39 is 29.9 Å². The number of esters is 1. The van der Waals surface area contributed by atoms with Crippen LogP contribution in [0.25, 0.3) is 0 Å². The zero-order valence-electron chi connectivity index (χ0n) is 27.9. The number of allylic oxidation sites excluding steroid dienone is 2. The molecule has 262 valence electrons. The van der Waals surface area contributed by atoms with Crippen LogP contribution in [0.1, 0.15) is 73.1 Å². The molecule has 1 spiro atoms. The van der Waals surface area contributed by atoms with Crippen LogP contribution in [0.5, 0.6) is 0 Å². The van der Waals surface area contributed by atoms with Gasteiger partial charge in [-0.1, -0.05) is 53.3 Å². The summed E-state index contributed by atoms with van der Waals surface area (Å²) in [4.78, 5) is 47.8. The Labute approximate surface area is 290 Å². The molecular weight excluding hydrogens is 721 g/mol. The van der Waals surface area contributed by atoms with Crippen LogP contribution >= 0.6 is 22.6 Å². The second kappa shape index (κ2) is 16.9. The van der Waals surface area contributed by atoms with Crippen LogP contribution in [0.2, 0.25) is 0 Å². The highest BCUT2D eigenvalue weighted by Gasteiger charge is 2.58. The highest BCUT2D eigenvalue weighted by atomic mass is 127. The van der Waals surface area contributed by atoms with E-state index in [1.165, 1.54) is 13.0 Å². The average molecular weight is 772 g/mol. The Hall–Kier alpha value is -2.33. The Morgan fingerprint density at radius 3 is 2.34 bits per heavy atom. The molecule has 0 aromatic carbocycles. The Balaban J connectivity index is 1.23. The molecule has 3 heterocycles. The van der Waals surface area contributed by atoms with Gasteiger partial charge in [0.15, 0.2) is 0 Å². The lowest BCUT2D eigenvalue weighted by molar-refractivity contribution is -0.146. The van der Waals surface area contributed by atoms with Crippen LogP contribution in [0.3, 0.4) is 0 Å². The van der Waals surface area contributed by atoms with Crippen molar-refractivity contribution in [2.45, 2.75) is 133 Å². The number of rotatable bonds is 13. The van der Waals surface area contributed by atoms with Crippen LogP contribution < -0.4 is 16.0 Å². The molecule has 0 radical (unpaired) electrons. The van der Waals surface area contributed by atoms with E-state index >= 15 is 0 Å². The van der Waals surface area contributed by atoms with Gasteiger partial charge in [-0.15, -0.1) is 0 Å². The second-order valence-electron chi connectivity index (χ2n) is 13.5. The lowest BCUT2D eigenvalue weighted by atomic mass is 9.85. The standard InChI is InChI=1S/C34H50IN3O9/c1-19(6-9-28-20(2)12-27(22(4)46-28)38-30(40)11-8-21(3)45-23(5)39)7-10-29-33(43)34(18-44-34)16-26(47-29)15-31(41)36-24-13-25(14-24)37-32(42)17-35/h6-8,10-11,20-22,24-29,33,43H,9,12-18H2,1-5H3,(H,36,41)(H,37,42)(H,38,40)/b10-7+,11-8?,19-6+/t20-,21?,22+,24?,25?,26+,27+,28-,29+,33+,34+/m0/s1. The van der Waals surface area contributed by atoms with Crippen molar-refractivity contribution in [1.82, 2.24) is 16.0 Å². The van der Waals surface area contributed by atoms with Gasteiger partial charge in [0.25, 0.3) is 0 Å². The number of hydrogen-bond acceptors (Lipinski definition) is 9. The summed E-state index contributed by atoms with van der Waals surface area (Å²) < 4.78 is 23.6. The number of carbonyl (C=O) groups is 4. The number of nitrogens with one attached hydrogen (secondary N) is 3. The van der Waals surface area contributed by atoms with Gasteiger partial charge in [0.2, 0.25) is 17.7 Å². The van der Waals surface area contributed by atoms with Crippen molar-refractivity contribution < 1.29 is 43.2 Å². The number of hydrogen-bond donors (Lipinski definition) is 4. The maximum Gasteiger partial charge on any atom is 0.303 e. The van der Waals surface area contributed by atoms with Crippen molar-refractivity contribution >= 4 is 46.3 Å². The van der Waals surface area contributed by atoms with Gasteiger partial charge in [-0.2, -0.15) is 0 Å². The first-order valence-corrected chi connectivity index (χ1v) is 18.1. The first-order valence-electron chi connectivity index (χ1n) is 16.6. The largest absolute Gasteiger partial charge is 0.459 e. The molecule has 4 aliphatic rings. The highest BCUT2D eigenvalue weighted by molar-refractivity contribution is 14.1. The number of ether oxygens (including phenoxy) is 4. The third-order valence-electron chi connectivity index (χ3n) is 9.33. The molecule has 1 aliphatic carbocycles. The number of amides is 3. The van der Waals surface area contributed by atoms with Crippen molar-refractivity contribution in [1.29, 1.82) is 0 Å². The quantitative estimate of drug-likeness (QED) is 0.0551. The molecular formula is C34H50IN3O9. The minimum Gasteiger partial charge on any atom is -0.459 e. The Morgan fingerprint density at radius 1 is 1.02 bits per heavy atom. The second-order valence-corrected chi connectivity index (χ2v) is 14.3. The van der Waals surface area contributed by atoms with E-state index in [0.29, 0.717) is 23.9 Å². The van der Waals surface area contributed by atoms with E-state index in [0.717, 1.165) is 24.8 Å². The molecule has 13 heteroatoms.